The van der Waals surface area contributed by atoms with E-state index in [9.17, 15) is 9.59 Å². The Balaban J connectivity index is 1.66. The number of carbonyl (C=O) groups is 2. The maximum Gasteiger partial charge on any atom is 0.310 e. The number of benzene rings is 1. The minimum atomic E-state index is -0.205. The quantitative estimate of drug-likeness (QED) is 0.651. The minimum Gasteiger partial charge on any atom is -0.497 e. The van der Waals surface area contributed by atoms with Crippen LogP contribution in [0.25, 0.3) is 0 Å². The number of rotatable bonds is 7. The van der Waals surface area contributed by atoms with Crippen LogP contribution < -0.4 is 9.47 Å². The molecule has 0 aromatic heterocycles. The van der Waals surface area contributed by atoms with Gasteiger partial charge in [0.15, 0.2) is 0 Å². The maximum atomic E-state index is 13.0. The van der Waals surface area contributed by atoms with Gasteiger partial charge in [-0.15, -0.1) is 0 Å². The lowest BCUT2D eigenvalue weighted by atomic mass is 9.98. The number of likely N-dealkylation sites (tertiary alicyclic amines) is 2. The van der Waals surface area contributed by atoms with Gasteiger partial charge in [-0.1, -0.05) is 6.07 Å². The summed E-state index contributed by atoms with van der Waals surface area (Å²) in [6, 6.07) is 6.00. The van der Waals surface area contributed by atoms with Crippen molar-refractivity contribution in [3.63, 3.8) is 0 Å². The zero-order chi connectivity index (χ0) is 20.8. The molecule has 1 aromatic rings. The Morgan fingerprint density at radius 3 is 2.62 bits per heavy atom. The third-order valence-electron chi connectivity index (χ3n) is 5.90. The molecule has 2 saturated heterocycles. The number of amides is 1. The molecule has 2 fully saturated rings. The van der Waals surface area contributed by atoms with Crippen LogP contribution in [0.2, 0.25) is 0 Å². The lowest BCUT2D eigenvalue weighted by molar-refractivity contribution is -0.151. The Morgan fingerprint density at radius 2 is 1.90 bits per heavy atom. The molecule has 0 saturated carbocycles. The minimum absolute atomic E-state index is 0.0818. The fourth-order valence-electron chi connectivity index (χ4n) is 4.39. The first-order valence-electron chi connectivity index (χ1n) is 10.5. The monoisotopic (exact) mass is 404 g/mol. The summed E-state index contributed by atoms with van der Waals surface area (Å²) in [5.41, 5.74) is 1.08. The molecule has 0 aliphatic carbocycles. The first kappa shape index (κ1) is 21.4. The fraction of sp³-hybridized carbons (Fsp3) is 0.636. The van der Waals surface area contributed by atoms with Crippen LogP contribution in [-0.2, 0) is 14.3 Å². The van der Waals surface area contributed by atoms with Crippen molar-refractivity contribution >= 4 is 11.9 Å². The first-order chi connectivity index (χ1) is 14.1. The number of ether oxygens (including phenoxy) is 3. The molecule has 1 amide bonds. The molecular formula is C22H32N2O5. The normalized spacial score (nSPS) is 22.4. The van der Waals surface area contributed by atoms with Crippen LogP contribution in [0.4, 0.5) is 0 Å². The molecule has 7 nitrogen and oxygen atoms in total. The van der Waals surface area contributed by atoms with Crippen molar-refractivity contribution in [1.29, 1.82) is 0 Å². The highest BCUT2D eigenvalue weighted by Crippen LogP contribution is 2.38. The molecule has 0 unspecified atom stereocenters. The van der Waals surface area contributed by atoms with Gasteiger partial charge in [-0.3, -0.25) is 14.5 Å². The standard InChI is InChI=1S/C22H32N2O5/c1-4-29-22(26)16-7-5-12-24(14-16)21(25)15-23-11-6-8-19(23)18-10-9-17(27-2)13-20(18)28-3/h9-10,13,16,19H,4-8,11-12,14-15H2,1-3H3/t16-,19+/m1/s1. The van der Waals surface area contributed by atoms with E-state index in [1.807, 2.05) is 30.0 Å². The van der Waals surface area contributed by atoms with Crippen molar-refractivity contribution in [3.8, 4) is 11.5 Å². The molecule has 2 aliphatic heterocycles. The molecule has 160 valence electrons. The summed E-state index contributed by atoms with van der Waals surface area (Å²) in [6.45, 7) is 4.59. The summed E-state index contributed by atoms with van der Waals surface area (Å²) in [5, 5.41) is 0. The smallest absolute Gasteiger partial charge is 0.310 e. The summed E-state index contributed by atoms with van der Waals surface area (Å²) in [6.07, 6.45) is 3.66. The zero-order valence-corrected chi connectivity index (χ0v) is 17.7. The van der Waals surface area contributed by atoms with Gasteiger partial charge in [-0.05, 0) is 45.2 Å². The van der Waals surface area contributed by atoms with Gasteiger partial charge >= 0.3 is 5.97 Å². The second-order valence-electron chi connectivity index (χ2n) is 7.67. The van der Waals surface area contributed by atoms with E-state index in [4.69, 9.17) is 14.2 Å². The van der Waals surface area contributed by atoms with Crippen LogP contribution in [0.1, 0.15) is 44.2 Å². The topological polar surface area (TPSA) is 68.3 Å². The molecule has 2 atom stereocenters. The SMILES string of the molecule is CCOC(=O)[C@@H]1CCCN(C(=O)CN2CCC[C@H]2c2ccc(OC)cc2OC)C1. The van der Waals surface area contributed by atoms with E-state index in [1.54, 1.807) is 14.2 Å². The highest BCUT2D eigenvalue weighted by Gasteiger charge is 2.33. The van der Waals surface area contributed by atoms with E-state index >= 15 is 0 Å². The highest BCUT2D eigenvalue weighted by atomic mass is 16.5. The van der Waals surface area contributed by atoms with Crippen molar-refractivity contribution in [2.45, 2.75) is 38.6 Å². The Labute approximate surface area is 172 Å². The van der Waals surface area contributed by atoms with Gasteiger partial charge in [0.1, 0.15) is 11.5 Å². The van der Waals surface area contributed by atoms with E-state index in [2.05, 4.69) is 4.90 Å². The van der Waals surface area contributed by atoms with E-state index < -0.39 is 0 Å². The van der Waals surface area contributed by atoms with Gasteiger partial charge < -0.3 is 19.1 Å². The second-order valence-corrected chi connectivity index (χ2v) is 7.67. The molecule has 7 heteroatoms. The number of nitrogens with zero attached hydrogens (tertiary/aromatic N) is 2. The molecule has 0 N–H and O–H groups in total. The Bertz CT molecular complexity index is 723. The van der Waals surface area contributed by atoms with Crippen LogP contribution in [-0.4, -0.2) is 68.7 Å². The second kappa shape index (κ2) is 9.96. The van der Waals surface area contributed by atoms with Gasteiger partial charge in [-0.2, -0.15) is 0 Å². The van der Waals surface area contributed by atoms with E-state index in [1.165, 1.54) is 0 Å². The molecule has 1 aromatic carbocycles. The fourth-order valence-corrected chi connectivity index (χ4v) is 4.39. The van der Waals surface area contributed by atoms with Gasteiger partial charge in [0, 0.05) is 30.8 Å². The van der Waals surface area contributed by atoms with Crippen molar-refractivity contribution in [2.24, 2.45) is 5.92 Å². The Morgan fingerprint density at radius 1 is 1.10 bits per heavy atom. The van der Waals surface area contributed by atoms with Gasteiger partial charge in [-0.25, -0.2) is 0 Å². The summed E-state index contributed by atoms with van der Waals surface area (Å²) >= 11 is 0. The predicted molar refractivity (Wildman–Crippen MR) is 109 cm³/mol. The average molecular weight is 405 g/mol. The van der Waals surface area contributed by atoms with Crippen molar-refractivity contribution in [3.05, 3.63) is 23.8 Å². The van der Waals surface area contributed by atoms with E-state index in [-0.39, 0.29) is 23.8 Å². The first-order valence-corrected chi connectivity index (χ1v) is 10.5. The average Bonchev–Trinajstić information content (AvgIpc) is 3.21. The van der Waals surface area contributed by atoms with Crippen molar-refractivity contribution in [1.82, 2.24) is 9.80 Å². The molecule has 2 aliphatic rings. The predicted octanol–water partition coefficient (Wildman–Crippen LogP) is 2.64. The van der Waals surface area contributed by atoms with E-state index in [0.29, 0.717) is 26.2 Å². The van der Waals surface area contributed by atoms with Crippen LogP contribution in [0.5, 0.6) is 11.5 Å². The zero-order valence-electron chi connectivity index (χ0n) is 17.7. The lowest BCUT2D eigenvalue weighted by Crippen LogP contribution is -2.46. The van der Waals surface area contributed by atoms with Crippen LogP contribution >= 0.6 is 0 Å². The molecule has 29 heavy (non-hydrogen) atoms. The summed E-state index contributed by atoms with van der Waals surface area (Å²) in [7, 11) is 3.29. The third kappa shape index (κ3) is 5.01. The largest absolute Gasteiger partial charge is 0.497 e. The molecule has 0 radical (unpaired) electrons. The van der Waals surface area contributed by atoms with Crippen LogP contribution in [0.15, 0.2) is 18.2 Å². The number of esters is 1. The molecular weight excluding hydrogens is 372 g/mol. The number of hydrogen-bond acceptors (Lipinski definition) is 6. The Kier molecular flexibility index (Phi) is 7.36. The number of piperidine rings is 1. The molecule has 0 spiro atoms. The molecule has 3 rings (SSSR count). The summed E-state index contributed by atoms with van der Waals surface area (Å²) in [4.78, 5) is 29.1. The van der Waals surface area contributed by atoms with Crippen molar-refractivity contribution in [2.75, 3.05) is 47.0 Å². The van der Waals surface area contributed by atoms with Crippen LogP contribution in [0.3, 0.4) is 0 Å². The third-order valence-corrected chi connectivity index (χ3v) is 5.90. The van der Waals surface area contributed by atoms with E-state index in [0.717, 1.165) is 49.3 Å². The summed E-state index contributed by atoms with van der Waals surface area (Å²) < 4.78 is 16.0. The van der Waals surface area contributed by atoms with Gasteiger partial charge in [0.05, 0.1) is 33.3 Å². The van der Waals surface area contributed by atoms with Crippen molar-refractivity contribution < 1.29 is 23.8 Å². The lowest BCUT2D eigenvalue weighted by Gasteiger charge is -2.34. The molecule has 2 heterocycles. The maximum absolute atomic E-state index is 13.0. The van der Waals surface area contributed by atoms with Gasteiger partial charge in [0.2, 0.25) is 5.91 Å². The number of carbonyl (C=O) groups excluding carboxylic acids is 2. The summed E-state index contributed by atoms with van der Waals surface area (Å²) in [5.74, 6) is 1.23. The number of methoxy groups -OCH3 is 2. The molecule has 0 bridgehead atoms. The number of hydrogen-bond donors (Lipinski definition) is 0. The van der Waals surface area contributed by atoms with Gasteiger partial charge in [0.25, 0.3) is 0 Å². The highest BCUT2D eigenvalue weighted by molar-refractivity contribution is 5.80. The van der Waals surface area contributed by atoms with Crippen LogP contribution in [0, 0.1) is 5.92 Å². The Hall–Kier alpha value is -2.28.